The number of rotatable bonds is 6. The average Bonchev–Trinajstić information content (AvgIpc) is 3.26. The summed E-state index contributed by atoms with van der Waals surface area (Å²) in [5, 5.41) is 8.76. The smallest absolute Gasteiger partial charge is 0.253 e. The van der Waals surface area contributed by atoms with Gasteiger partial charge < -0.3 is 20.9 Å². The van der Waals surface area contributed by atoms with Crippen LogP contribution in [-0.2, 0) is 4.79 Å². The van der Waals surface area contributed by atoms with Gasteiger partial charge in [0.1, 0.15) is 0 Å². The van der Waals surface area contributed by atoms with E-state index in [2.05, 4.69) is 16.0 Å². The summed E-state index contributed by atoms with van der Waals surface area (Å²) >= 11 is 0. The number of carbonyl (C=O) groups is 3. The molecule has 1 saturated heterocycles. The number of hydrogen-bond acceptors (Lipinski definition) is 4. The van der Waals surface area contributed by atoms with Crippen molar-refractivity contribution < 1.29 is 14.4 Å². The Balaban J connectivity index is 1.51. The summed E-state index contributed by atoms with van der Waals surface area (Å²) in [6.45, 7) is 7.43. The Morgan fingerprint density at radius 3 is 2.23 bits per heavy atom. The van der Waals surface area contributed by atoms with E-state index in [1.54, 1.807) is 36.4 Å². The zero-order valence-corrected chi connectivity index (χ0v) is 18.3. The second kappa shape index (κ2) is 9.64. The van der Waals surface area contributed by atoms with Crippen LogP contribution in [-0.4, -0.2) is 47.8 Å². The third-order valence-corrected chi connectivity index (χ3v) is 4.88. The van der Waals surface area contributed by atoms with Crippen molar-refractivity contribution in [3.63, 3.8) is 0 Å². The van der Waals surface area contributed by atoms with Crippen molar-refractivity contribution in [1.82, 2.24) is 10.2 Å². The fraction of sp³-hybridized carbons (Fsp3) is 0.375. The third kappa shape index (κ3) is 6.57. The van der Waals surface area contributed by atoms with Gasteiger partial charge in [0.05, 0.1) is 6.54 Å². The summed E-state index contributed by atoms with van der Waals surface area (Å²) in [5.74, 6) is -0.347. The second-order valence-electron chi connectivity index (χ2n) is 8.76. The molecule has 1 fully saturated rings. The van der Waals surface area contributed by atoms with Crippen molar-refractivity contribution in [3.8, 4) is 0 Å². The molecule has 31 heavy (non-hydrogen) atoms. The van der Waals surface area contributed by atoms with Crippen LogP contribution in [0.5, 0.6) is 0 Å². The Labute approximate surface area is 183 Å². The first-order valence-corrected chi connectivity index (χ1v) is 10.6. The summed E-state index contributed by atoms with van der Waals surface area (Å²) in [4.78, 5) is 38.8. The third-order valence-electron chi connectivity index (χ3n) is 4.88. The molecule has 164 valence electrons. The molecule has 3 amide bonds. The molecule has 3 N–H and O–H groups in total. The van der Waals surface area contributed by atoms with E-state index in [1.807, 2.05) is 37.8 Å². The van der Waals surface area contributed by atoms with Gasteiger partial charge in [-0.25, -0.2) is 0 Å². The first-order chi connectivity index (χ1) is 14.7. The summed E-state index contributed by atoms with van der Waals surface area (Å²) in [6, 6.07) is 14.0. The standard InChI is InChI=1S/C24H30N4O3/c1-24(2,3)27-22(30)17-9-11-19(12-10-17)26-21(29)16-25-20-8-6-7-18(15-20)23(31)28-13-4-5-14-28/h6-12,15,25H,4-5,13-14,16H2,1-3H3,(H,26,29)(H,27,30). The Bertz CT molecular complexity index is 942. The molecule has 7 heteroatoms. The van der Waals surface area contributed by atoms with Gasteiger partial charge in [0.25, 0.3) is 11.8 Å². The first kappa shape index (κ1) is 22.3. The van der Waals surface area contributed by atoms with Crippen LogP contribution in [0.3, 0.4) is 0 Å². The molecule has 7 nitrogen and oxygen atoms in total. The number of nitrogens with zero attached hydrogens (tertiary/aromatic N) is 1. The second-order valence-corrected chi connectivity index (χ2v) is 8.76. The van der Waals surface area contributed by atoms with E-state index in [0.717, 1.165) is 31.6 Å². The van der Waals surface area contributed by atoms with E-state index in [0.29, 0.717) is 16.8 Å². The van der Waals surface area contributed by atoms with Crippen molar-refractivity contribution in [2.45, 2.75) is 39.2 Å². The zero-order chi connectivity index (χ0) is 22.4. The molecule has 0 unspecified atom stereocenters. The maximum atomic E-state index is 12.5. The first-order valence-electron chi connectivity index (χ1n) is 10.6. The zero-order valence-electron chi connectivity index (χ0n) is 18.3. The molecular weight excluding hydrogens is 392 g/mol. The van der Waals surface area contributed by atoms with Crippen molar-refractivity contribution >= 4 is 29.1 Å². The van der Waals surface area contributed by atoms with Crippen molar-refractivity contribution in [2.24, 2.45) is 0 Å². The topological polar surface area (TPSA) is 90.5 Å². The highest BCUT2D eigenvalue weighted by molar-refractivity contribution is 5.97. The van der Waals surface area contributed by atoms with Crippen LogP contribution in [0.25, 0.3) is 0 Å². The van der Waals surface area contributed by atoms with E-state index < -0.39 is 0 Å². The number of carbonyl (C=O) groups excluding carboxylic acids is 3. The van der Waals surface area contributed by atoms with Gasteiger partial charge in [-0.1, -0.05) is 6.07 Å². The molecule has 0 aromatic heterocycles. The van der Waals surface area contributed by atoms with Crippen molar-refractivity contribution in [2.75, 3.05) is 30.3 Å². The van der Waals surface area contributed by atoms with E-state index >= 15 is 0 Å². The molecule has 0 radical (unpaired) electrons. The molecule has 2 aromatic carbocycles. The maximum Gasteiger partial charge on any atom is 0.253 e. The summed E-state index contributed by atoms with van der Waals surface area (Å²) in [5.41, 5.74) is 2.17. The Kier molecular flexibility index (Phi) is 6.95. The number of hydrogen-bond donors (Lipinski definition) is 3. The molecule has 2 aromatic rings. The minimum atomic E-state index is -0.313. The summed E-state index contributed by atoms with van der Waals surface area (Å²) < 4.78 is 0. The molecule has 0 bridgehead atoms. The molecular formula is C24H30N4O3. The van der Waals surface area contributed by atoms with Gasteiger partial charge in [-0.2, -0.15) is 0 Å². The van der Waals surface area contributed by atoms with E-state index in [9.17, 15) is 14.4 Å². The van der Waals surface area contributed by atoms with Crippen LogP contribution in [0.1, 0.15) is 54.3 Å². The lowest BCUT2D eigenvalue weighted by atomic mass is 10.1. The lowest BCUT2D eigenvalue weighted by Gasteiger charge is -2.20. The maximum absolute atomic E-state index is 12.5. The predicted octanol–water partition coefficient (Wildman–Crippen LogP) is 3.50. The highest BCUT2D eigenvalue weighted by atomic mass is 16.2. The molecule has 0 atom stereocenters. The molecule has 3 rings (SSSR count). The molecule has 0 aliphatic carbocycles. The molecule has 0 saturated carbocycles. The lowest BCUT2D eigenvalue weighted by molar-refractivity contribution is -0.114. The largest absolute Gasteiger partial charge is 0.376 e. The van der Waals surface area contributed by atoms with Crippen LogP contribution in [0.4, 0.5) is 11.4 Å². The quantitative estimate of drug-likeness (QED) is 0.665. The molecule has 1 aliphatic rings. The Morgan fingerprint density at radius 2 is 1.58 bits per heavy atom. The van der Waals surface area contributed by atoms with Gasteiger partial charge in [0, 0.05) is 41.1 Å². The predicted molar refractivity (Wildman–Crippen MR) is 122 cm³/mol. The lowest BCUT2D eigenvalue weighted by Crippen LogP contribution is -2.40. The molecule has 1 aliphatic heterocycles. The van der Waals surface area contributed by atoms with Crippen LogP contribution in [0.15, 0.2) is 48.5 Å². The Hall–Kier alpha value is -3.35. The number of anilines is 2. The fourth-order valence-corrected chi connectivity index (χ4v) is 3.37. The number of likely N-dealkylation sites (tertiary alicyclic amines) is 1. The highest BCUT2D eigenvalue weighted by Gasteiger charge is 2.19. The highest BCUT2D eigenvalue weighted by Crippen LogP contribution is 2.16. The summed E-state index contributed by atoms with van der Waals surface area (Å²) in [6.07, 6.45) is 2.10. The normalized spacial score (nSPS) is 13.6. The van der Waals surface area contributed by atoms with Gasteiger partial charge in [0.15, 0.2) is 0 Å². The number of amides is 3. The van der Waals surface area contributed by atoms with Crippen LogP contribution >= 0.6 is 0 Å². The number of nitrogens with one attached hydrogen (secondary N) is 3. The van der Waals surface area contributed by atoms with Crippen LogP contribution < -0.4 is 16.0 Å². The van der Waals surface area contributed by atoms with Gasteiger partial charge >= 0.3 is 0 Å². The van der Waals surface area contributed by atoms with Crippen molar-refractivity contribution in [1.29, 1.82) is 0 Å². The van der Waals surface area contributed by atoms with Crippen molar-refractivity contribution in [3.05, 3.63) is 59.7 Å². The van der Waals surface area contributed by atoms with E-state index in [-0.39, 0.29) is 29.8 Å². The fourth-order valence-electron chi connectivity index (χ4n) is 3.37. The van der Waals surface area contributed by atoms with Crippen LogP contribution in [0, 0.1) is 0 Å². The van der Waals surface area contributed by atoms with Gasteiger partial charge in [0.2, 0.25) is 5.91 Å². The molecule has 1 heterocycles. The summed E-state index contributed by atoms with van der Waals surface area (Å²) in [7, 11) is 0. The molecule has 0 spiro atoms. The Morgan fingerprint density at radius 1 is 0.903 bits per heavy atom. The number of benzene rings is 2. The van der Waals surface area contributed by atoms with Gasteiger partial charge in [-0.3, -0.25) is 14.4 Å². The monoisotopic (exact) mass is 422 g/mol. The van der Waals surface area contributed by atoms with Gasteiger partial charge in [-0.05, 0) is 76.1 Å². The SMILES string of the molecule is CC(C)(C)NC(=O)c1ccc(NC(=O)CNc2cccc(C(=O)N3CCCC3)c2)cc1. The average molecular weight is 423 g/mol. The van der Waals surface area contributed by atoms with E-state index in [1.165, 1.54) is 0 Å². The van der Waals surface area contributed by atoms with Crippen LogP contribution in [0.2, 0.25) is 0 Å². The minimum absolute atomic E-state index is 0.0289. The van der Waals surface area contributed by atoms with Gasteiger partial charge in [-0.15, -0.1) is 0 Å². The minimum Gasteiger partial charge on any atom is -0.376 e. The van der Waals surface area contributed by atoms with E-state index in [4.69, 9.17) is 0 Å².